The number of rotatable bonds is 6. The third-order valence-corrected chi connectivity index (χ3v) is 4.88. The van der Waals surface area contributed by atoms with E-state index in [0.717, 1.165) is 5.69 Å². The fourth-order valence-electron chi connectivity index (χ4n) is 2.48. The lowest BCUT2D eigenvalue weighted by molar-refractivity contribution is -0.113. The predicted molar refractivity (Wildman–Crippen MR) is 99.0 cm³/mol. The summed E-state index contributed by atoms with van der Waals surface area (Å²) < 4.78 is 1.67. The maximum atomic E-state index is 12.2. The number of aryl methyl sites for hydroxylation is 1. The fourth-order valence-corrected chi connectivity index (χ4v) is 3.57. The minimum Gasteiger partial charge on any atom is -0.323 e. The van der Waals surface area contributed by atoms with E-state index in [2.05, 4.69) is 34.7 Å². The van der Waals surface area contributed by atoms with Crippen LogP contribution in [0, 0.1) is 0 Å². The maximum absolute atomic E-state index is 12.2. The van der Waals surface area contributed by atoms with Crippen molar-refractivity contribution in [3.63, 3.8) is 0 Å². The third-order valence-electron chi connectivity index (χ3n) is 3.57. The molecule has 1 amide bonds. The van der Waals surface area contributed by atoms with Gasteiger partial charge in [0.2, 0.25) is 5.91 Å². The number of thioether (sulfide) groups is 1. The number of anilines is 1. The van der Waals surface area contributed by atoms with Gasteiger partial charge >= 0.3 is 0 Å². The molecule has 0 aliphatic heterocycles. The molecule has 0 aliphatic carbocycles. The molecule has 0 unspecified atom stereocenters. The molecule has 1 heterocycles. The van der Waals surface area contributed by atoms with Crippen LogP contribution in [0.5, 0.6) is 0 Å². The molecule has 3 rings (SSSR count). The second kappa shape index (κ2) is 7.84. The SMILES string of the molecule is Cn1cc(NC(=O)CSC(c2ccccc2)c2ccccc2)cn1. The van der Waals surface area contributed by atoms with E-state index in [1.165, 1.54) is 11.1 Å². The van der Waals surface area contributed by atoms with E-state index < -0.39 is 0 Å². The van der Waals surface area contributed by atoms with Crippen molar-refractivity contribution in [2.75, 3.05) is 11.1 Å². The zero-order chi connectivity index (χ0) is 16.8. The Kier molecular flexibility index (Phi) is 5.33. The Balaban J connectivity index is 1.69. The fraction of sp³-hybridized carbons (Fsp3) is 0.158. The number of nitrogens with zero attached hydrogens (tertiary/aromatic N) is 2. The van der Waals surface area contributed by atoms with Crippen LogP contribution in [-0.2, 0) is 11.8 Å². The molecule has 0 saturated carbocycles. The Morgan fingerprint density at radius 1 is 1.08 bits per heavy atom. The van der Waals surface area contributed by atoms with Crippen LogP contribution in [-0.4, -0.2) is 21.4 Å². The van der Waals surface area contributed by atoms with Gasteiger partial charge in [-0.15, -0.1) is 11.8 Å². The Bertz CT molecular complexity index is 747. The predicted octanol–water partition coefficient (Wildman–Crippen LogP) is 3.88. The Labute approximate surface area is 145 Å². The quantitative estimate of drug-likeness (QED) is 0.742. The molecule has 0 atom stereocenters. The van der Waals surface area contributed by atoms with Gasteiger partial charge in [0, 0.05) is 13.2 Å². The summed E-state index contributed by atoms with van der Waals surface area (Å²) in [4.78, 5) is 12.2. The second-order valence-electron chi connectivity index (χ2n) is 5.46. The van der Waals surface area contributed by atoms with Gasteiger partial charge in [0.1, 0.15) is 0 Å². The number of amides is 1. The summed E-state index contributed by atoms with van der Waals surface area (Å²) in [5, 5.41) is 7.06. The molecule has 0 bridgehead atoms. The van der Waals surface area contributed by atoms with Crippen LogP contribution in [0.1, 0.15) is 16.4 Å². The van der Waals surface area contributed by atoms with Gasteiger partial charge in [-0.2, -0.15) is 5.10 Å². The zero-order valence-electron chi connectivity index (χ0n) is 13.4. The summed E-state index contributed by atoms with van der Waals surface area (Å²) in [5.41, 5.74) is 3.12. The lowest BCUT2D eigenvalue weighted by Gasteiger charge is -2.17. The van der Waals surface area contributed by atoms with Gasteiger partial charge in [0.15, 0.2) is 0 Å². The van der Waals surface area contributed by atoms with Crippen LogP contribution >= 0.6 is 11.8 Å². The van der Waals surface area contributed by atoms with E-state index >= 15 is 0 Å². The largest absolute Gasteiger partial charge is 0.323 e. The van der Waals surface area contributed by atoms with Crippen LogP contribution in [0.15, 0.2) is 73.1 Å². The Morgan fingerprint density at radius 3 is 2.17 bits per heavy atom. The van der Waals surface area contributed by atoms with Crippen molar-refractivity contribution in [2.45, 2.75) is 5.25 Å². The van der Waals surface area contributed by atoms with Crippen LogP contribution in [0.25, 0.3) is 0 Å². The molecule has 4 nitrogen and oxygen atoms in total. The molecule has 1 N–H and O–H groups in total. The summed E-state index contributed by atoms with van der Waals surface area (Å²) in [7, 11) is 1.82. The normalized spacial score (nSPS) is 10.8. The summed E-state index contributed by atoms with van der Waals surface area (Å²) in [6, 6.07) is 20.5. The molecular weight excluding hydrogens is 318 g/mol. The van der Waals surface area contributed by atoms with Gasteiger partial charge in [0.05, 0.1) is 22.9 Å². The Hall–Kier alpha value is -2.53. The van der Waals surface area contributed by atoms with E-state index in [9.17, 15) is 4.79 Å². The molecule has 24 heavy (non-hydrogen) atoms. The number of carbonyl (C=O) groups is 1. The summed E-state index contributed by atoms with van der Waals surface area (Å²) in [6.07, 6.45) is 3.43. The maximum Gasteiger partial charge on any atom is 0.234 e. The highest BCUT2D eigenvalue weighted by molar-refractivity contribution is 8.00. The summed E-state index contributed by atoms with van der Waals surface area (Å²) >= 11 is 1.62. The van der Waals surface area contributed by atoms with Gasteiger partial charge in [-0.25, -0.2) is 0 Å². The first-order valence-corrected chi connectivity index (χ1v) is 8.77. The van der Waals surface area contributed by atoms with Gasteiger partial charge in [-0.1, -0.05) is 60.7 Å². The Morgan fingerprint density at radius 2 is 1.67 bits per heavy atom. The first kappa shape index (κ1) is 16.3. The van der Waals surface area contributed by atoms with Crippen LogP contribution in [0.4, 0.5) is 5.69 Å². The van der Waals surface area contributed by atoms with Crippen molar-refractivity contribution in [1.82, 2.24) is 9.78 Å². The molecule has 1 aromatic heterocycles. The van der Waals surface area contributed by atoms with Crippen molar-refractivity contribution >= 4 is 23.4 Å². The molecule has 0 saturated heterocycles. The van der Waals surface area contributed by atoms with E-state index in [-0.39, 0.29) is 11.2 Å². The minimum absolute atomic E-state index is 0.0233. The zero-order valence-corrected chi connectivity index (χ0v) is 14.2. The number of nitrogens with one attached hydrogen (secondary N) is 1. The summed E-state index contributed by atoms with van der Waals surface area (Å²) in [6.45, 7) is 0. The standard InChI is InChI=1S/C19H19N3OS/c1-22-13-17(12-20-22)21-18(23)14-24-19(15-8-4-2-5-9-15)16-10-6-3-7-11-16/h2-13,19H,14H2,1H3,(H,21,23). The highest BCUT2D eigenvalue weighted by Gasteiger charge is 2.16. The van der Waals surface area contributed by atoms with Crippen LogP contribution in [0.3, 0.4) is 0 Å². The first-order valence-electron chi connectivity index (χ1n) is 7.72. The van der Waals surface area contributed by atoms with Gasteiger partial charge in [0.25, 0.3) is 0 Å². The van der Waals surface area contributed by atoms with Crippen LogP contribution in [0.2, 0.25) is 0 Å². The molecule has 5 heteroatoms. The van der Waals surface area contributed by atoms with Crippen molar-refractivity contribution < 1.29 is 4.79 Å². The van der Waals surface area contributed by atoms with Crippen LogP contribution < -0.4 is 5.32 Å². The molecule has 0 aliphatic rings. The van der Waals surface area contributed by atoms with Crippen molar-refractivity contribution in [3.05, 3.63) is 84.2 Å². The molecule has 0 spiro atoms. The highest BCUT2D eigenvalue weighted by atomic mass is 32.2. The molecule has 0 fully saturated rings. The lowest BCUT2D eigenvalue weighted by atomic mass is 10.0. The first-order chi connectivity index (χ1) is 11.7. The monoisotopic (exact) mass is 337 g/mol. The molecule has 2 aromatic carbocycles. The van der Waals surface area contributed by atoms with Gasteiger partial charge < -0.3 is 5.32 Å². The molecule has 3 aromatic rings. The molecular formula is C19H19N3OS. The van der Waals surface area contributed by atoms with Crippen molar-refractivity contribution in [1.29, 1.82) is 0 Å². The number of carbonyl (C=O) groups excluding carboxylic acids is 1. The number of hydrogen-bond acceptors (Lipinski definition) is 3. The highest BCUT2D eigenvalue weighted by Crippen LogP contribution is 2.35. The molecule has 122 valence electrons. The van der Waals surface area contributed by atoms with Crippen molar-refractivity contribution in [3.8, 4) is 0 Å². The average Bonchev–Trinajstić information content (AvgIpc) is 3.02. The van der Waals surface area contributed by atoms with Crippen molar-refractivity contribution in [2.24, 2.45) is 7.05 Å². The second-order valence-corrected chi connectivity index (χ2v) is 6.56. The number of aromatic nitrogens is 2. The summed E-state index contributed by atoms with van der Waals surface area (Å²) in [5.74, 6) is 0.355. The smallest absolute Gasteiger partial charge is 0.234 e. The third kappa shape index (κ3) is 4.26. The van der Waals surface area contributed by atoms with Gasteiger partial charge in [-0.05, 0) is 11.1 Å². The number of hydrogen-bond donors (Lipinski definition) is 1. The van der Waals surface area contributed by atoms with E-state index in [1.807, 2.05) is 43.4 Å². The number of benzene rings is 2. The lowest BCUT2D eigenvalue weighted by Crippen LogP contribution is -2.15. The van der Waals surface area contributed by atoms with E-state index in [4.69, 9.17) is 0 Å². The minimum atomic E-state index is -0.0233. The average molecular weight is 337 g/mol. The van der Waals surface area contributed by atoms with E-state index in [1.54, 1.807) is 28.8 Å². The molecule has 0 radical (unpaired) electrons. The van der Waals surface area contributed by atoms with Gasteiger partial charge in [-0.3, -0.25) is 9.48 Å². The topological polar surface area (TPSA) is 46.9 Å². The van der Waals surface area contributed by atoms with E-state index in [0.29, 0.717) is 5.75 Å².